The minimum Gasteiger partial charge on any atom is -0.345 e. The van der Waals surface area contributed by atoms with Gasteiger partial charge in [0.15, 0.2) is 5.78 Å². The monoisotopic (exact) mass is 537 g/mol. The molecule has 11 heteroatoms. The minimum atomic E-state index is -3.58. The zero-order valence-electron chi connectivity index (χ0n) is 20.9. The van der Waals surface area contributed by atoms with Crippen LogP contribution in [0.1, 0.15) is 40.7 Å². The van der Waals surface area contributed by atoms with Crippen LogP contribution in [0.25, 0.3) is 22.5 Å². The number of nitrogens with zero attached hydrogens (tertiary/aromatic N) is 4. The average Bonchev–Trinajstić information content (AvgIpc) is 3.49. The van der Waals surface area contributed by atoms with Gasteiger partial charge in [0.2, 0.25) is 10.0 Å². The van der Waals surface area contributed by atoms with Gasteiger partial charge in [-0.2, -0.15) is 0 Å². The summed E-state index contributed by atoms with van der Waals surface area (Å²) in [6.45, 7) is 6.43. The Balaban J connectivity index is 1.38. The number of rotatable bonds is 9. The van der Waals surface area contributed by atoms with Crippen LogP contribution in [0.5, 0.6) is 0 Å². The van der Waals surface area contributed by atoms with Gasteiger partial charge in [0.05, 0.1) is 35.2 Å². The van der Waals surface area contributed by atoms with E-state index in [9.17, 15) is 18.0 Å². The van der Waals surface area contributed by atoms with Crippen molar-refractivity contribution in [1.29, 1.82) is 0 Å². The third-order valence-corrected chi connectivity index (χ3v) is 8.66. The highest BCUT2D eigenvalue weighted by molar-refractivity contribution is 7.90. The van der Waals surface area contributed by atoms with Crippen LogP contribution in [0.2, 0.25) is 0 Å². The number of benzene rings is 1. The second kappa shape index (κ2) is 10.7. The van der Waals surface area contributed by atoms with Crippen LogP contribution >= 0.6 is 11.3 Å². The maximum atomic E-state index is 12.5. The van der Waals surface area contributed by atoms with Crippen LogP contribution in [0, 0.1) is 13.8 Å². The van der Waals surface area contributed by atoms with Gasteiger partial charge in [-0.25, -0.2) is 27.3 Å². The van der Waals surface area contributed by atoms with Gasteiger partial charge in [-0.1, -0.05) is 18.2 Å². The molecule has 1 N–H and O–H groups in total. The first-order valence-corrected chi connectivity index (χ1v) is 14.0. The molecule has 0 fully saturated rings. The number of thiazole rings is 1. The summed E-state index contributed by atoms with van der Waals surface area (Å²) in [5, 5.41) is 4.49. The summed E-state index contributed by atoms with van der Waals surface area (Å²) >= 11 is 1.38. The van der Waals surface area contributed by atoms with E-state index in [1.54, 1.807) is 27.0 Å². The molecule has 1 aromatic carbocycles. The lowest BCUT2D eigenvalue weighted by Crippen LogP contribution is -2.30. The number of ketones is 1. The van der Waals surface area contributed by atoms with Crippen molar-refractivity contribution in [2.24, 2.45) is 0 Å². The van der Waals surface area contributed by atoms with Crippen molar-refractivity contribution in [1.82, 2.24) is 24.2 Å². The highest BCUT2D eigenvalue weighted by atomic mass is 32.2. The largest absolute Gasteiger partial charge is 0.345 e. The van der Waals surface area contributed by atoms with Crippen LogP contribution in [-0.2, 0) is 21.2 Å². The molecule has 9 nitrogen and oxygen atoms in total. The van der Waals surface area contributed by atoms with Crippen LogP contribution in [0.4, 0.5) is 0 Å². The Morgan fingerprint density at radius 1 is 1.05 bits per heavy atom. The third kappa shape index (κ3) is 6.00. The lowest BCUT2D eigenvalue weighted by Gasteiger charge is -2.10. The van der Waals surface area contributed by atoms with Gasteiger partial charge in [0, 0.05) is 34.6 Å². The standard InChI is InChI=1S/C26H27N5O4S2/c1-16(2)37(34,35)31-14-21(10-17(31)3)26(33)28-13-22(32)12-25-30-24(15-36-25)20-7-5-6-19(11-20)23-8-9-27-18(4)29-23/h5-11,14-16H,12-13H2,1-4H3,(H,28,33). The summed E-state index contributed by atoms with van der Waals surface area (Å²) in [6.07, 6.45) is 3.09. The number of carbonyl (C=O) groups is 2. The Bertz CT molecular complexity index is 1570. The van der Waals surface area contributed by atoms with E-state index in [1.807, 2.05) is 42.6 Å². The van der Waals surface area contributed by atoms with Crippen molar-refractivity contribution in [2.75, 3.05) is 6.54 Å². The molecule has 192 valence electrons. The van der Waals surface area contributed by atoms with E-state index < -0.39 is 21.2 Å². The number of hydrogen-bond donors (Lipinski definition) is 1. The maximum absolute atomic E-state index is 12.5. The minimum absolute atomic E-state index is 0.0809. The fraction of sp³-hybridized carbons (Fsp3) is 0.269. The van der Waals surface area contributed by atoms with Crippen molar-refractivity contribution in [3.05, 3.63) is 76.3 Å². The maximum Gasteiger partial charge on any atom is 0.253 e. The highest BCUT2D eigenvalue weighted by Crippen LogP contribution is 2.27. The number of amides is 1. The fourth-order valence-electron chi connectivity index (χ4n) is 3.67. The molecule has 0 spiro atoms. The Kier molecular flexibility index (Phi) is 7.65. The zero-order valence-corrected chi connectivity index (χ0v) is 22.6. The number of nitrogens with one attached hydrogen (secondary N) is 1. The van der Waals surface area contributed by atoms with Crippen molar-refractivity contribution >= 4 is 33.1 Å². The van der Waals surface area contributed by atoms with E-state index in [0.29, 0.717) is 16.5 Å². The second-order valence-corrected chi connectivity index (χ2v) is 12.2. The SMILES string of the molecule is Cc1nccc(-c2cccc(-c3csc(CC(=O)CNC(=O)c4cc(C)n(S(=O)(=O)C(C)C)c4)n3)c2)n1. The number of carbonyl (C=O) groups excluding carboxylic acids is 2. The molecule has 0 saturated heterocycles. The Morgan fingerprint density at radius 2 is 1.78 bits per heavy atom. The van der Waals surface area contributed by atoms with Crippen LogP contribution < -0.4 is 5.32 Å². The summed E-state index contributed by atoms with van der Waals surface area (Å²) in [4.78, 5) is 38.3. The summed E-state index contributed by atoms with van der Waals surface area (Å²) in [5.41, 5.74) is 4.05. The normalized spacial score (nSPS) is 11.6. The van der Waals surface area contributed by atoms with Crippen molar-refractivity contribution < 1.29 is 18.0 Å². The summed E-state index contributed by atoms with van der Waals surface area (Å²) in [6, 6.07) is 11.2. The van der Waals surface area contributed by atoms with E-state index in [2.05, 4.69) is 20.3 Å². The third-order valence-electron chi connectivity index (χ3n) is 5.68. The molecule has 1 amide bonds. The van der Waals surface area contributed by atoms with Crippen molar-refractivity contribution in [2.45, 2.75) is 39.4 Å². The molecule has 37 heavy (non-hydrogen) atoms. The quantitative estimate of drug-likeness (QED) is 0.344. The lowest BCUT2D eigenvalue weighted by atomic mass is 10.1. The predicted molar refractivity (Wildman–Crippen MR) is 143 cm³/mol. The van der Waals surface area contributed by atoms with Gasteiger partial charge in [0.1, 0.15) is 10.8 Å². The van der Waals surface area contributed by atoms with E-state index in [0.717, 1.165) is 26.5 Å². The molecule has 3 aromatic heterocycles. The van der Waals surface area contributed by atoms with Gasteiger partial charge < -0.3 is 5.32 Å². The molecule has 0 unspecified atom stereocenters. The predicted octanol–water partition coefficient (Wildman–Crippen LogP) is 3.81. The van der Waals surface area contributed by atoms with E-state index in [-0.39, 0.29) is 24.3 Å². The number of Topliss-reactive ketones (excluding diaryl/α,β-unsaturated/α-hetero) is 1. The number of aryl methyl sites for hydroxylation is 2. The van der Waals surface area contributed by atoms with Crippen LogP contribution in [0.15, 0.2) is 54.2 Å². The molecule has 0 saturated carbocycles. The van der Waals surface area contributed by atoms with E-state index in [4.69, 9.17) is 0 Å². The second-order valence-electron chi connectivity index (χ2n) is 8.85. The number of hydrogen-bond acceptors (Lipinski definition) is 8. The molecular weight excluding hydrogens is 510 g/mol. The van der Waals surface area contributed by atoms with Gasteiger partial charge in [-0.05, 0) is 45.9 Å². The first-order valence-electron chi connectivity index (χ1n) is 11.6. The lowest BCUT2D eigenvalue weighted by molar-refractivity contribution is -0.117. The molecule has 0 bridgehead atoms. The van der Waals surface area contributed by atoms with Gasteiger partial charge in [-0.3, -0.25) is 9.59 Å². The van der Waals surface area contributed by atoms with Crippen molar-refractivity contribution in [3.8, 4) is 22.5 Å². The van der Waals surface area contributed by atoms with Crippen molar-refractivity contribution in [3.63, 3.8) is 0 Å². The Labute approximate surface area is 219 Å². The van der Waals surface area contributed by atoms with Gasteiger partial charge >= 0.3 is 0 Å². The first kappa shape index (κ1) is 26.4. The Hall–Kier alpha value is -3.70. The molecule has 0 aliphatic carbocycles. The molecule has 4 aromatic rings. The summed E-state index contributed by atoms with van der Waals surface area (Å²) in [7, 11) is -3.58. The summed E-state index contributed by atoms with van der Waals surface area (Å²) in [5.74, 6) is -0.0195. The topological polar surface area (TPSA) is 124 Å². The smallest absolute Gasteiger partial charge is 0.253 e. The molecule has 4 rings (SSSR count). The first-order chi connectivity index (χ1) is 17.5. The molecule has 0 aliphatic heterocycles. The average molecular weight is 538 g/mol. The molecule has 0 atom stereocenters. The summed E-state index contributed by atoms with van der Waals surface area (Å²) < 4.78 is 26.0. The van der Waals surface area contributed by atoms with Crippen LogP contribution in [0.3, 0.4) is 0 Å². The fourth-order valence-corrected chi connectivity index (χ4v) is 5.67. The molecule has 0 aliphatic rings. The van der Waals surface area contributed by atoms with Gasteiger partial charge in [-0.15, -0.1) is 11.3 Å². The molecular formula is C26H27N5O4S2. The molecule has 3 heterocycles. The highest BCUT2D eigenvalue weighted by Gasteiger charge is 2.22. The van der Waals surface area contributed by atoms with E-state index in [1.165, 1.54) is 23.6 Å². The Morgan fingerprint density at radius 3 is 2.49 bits per heavy atom. The van der Waals surface area contributed by atoms with E-state index >= 15 is 0 Å². The van der Waals surface area contributed by atoms with Gasteiger partial charge in [0.25, 0.3) is 5.91 Å². The number of aromatic nitrogens is 4. The molecule has 0 radical (unpaired) electrons. The zero-order chi connectivity index (χ0) is 26.7. The van der Waals surface area contributed by atoms with Crippen LogP contribution in [-0.4, -0.2) is 50.8 Å².